The van der Waals surface area contributed by atoms with Gasteiger partial charge in [-0.2, -0.15) is 18.4 Å². The molecule has 180 valence electrons. The normalized spacial score (nSPS) is 14.2. The largest absolute Gasteiger partial charge is 0.462 e. The van der Waals surface area contributed by atoms with E-state index in [4.69, 9.17) is 4.74 Å². The minimum Gasteiger partial charge on any atom is -0.462 e. The molecular formula is C21H19F3N4O5S. The molecule has 0 atom stereocenters. The molecule has 1 saturated heterocycles. The third kappa shape index (κ3) is 5.12. The number of nitrogens with one attached hydrogen (secondary N) is 1. The predicted molar refractivity (Wildman–Crippen MR) is 112 cm³/mol. The van der Waals surface area contributed by atoms with Crippen LogP contribution in [-0.2, 0) is 25.7 Å². The van der Waals surface area contributed by atoms with Crippen molar-refractivity contribution < 1.29 is 35.9 Å². The molecule has 1 amide bonds. The number of alkyl halides is 3. The van der Waals surface area contributed by atoms with E-state index in [1.54, 1.807) is 23.5 Å². The lowest BCUT2D eigenvalue weighted by molar-refractivity contribution is -0.137. The van der Waals surface area contributed by atoms with Crippen LogP contribution in [-0.4, -0.2) is 45.0 Å². The van der Waals surface area contributed by atoms with E-state index < -0.39 is 44.5 Å². The van der Waals surface area contributed by atoms with Crippen molar-refractivity contribution in [1.29, 1.82) is 5.26 Å². The smallest absolute Gasteiger partial charge is 0.416 e. The van der Waals surface area contributed by atoms with Crippen LogP contribution in [0.4, 0.5) is 19.0 Å². The highest BCUT2D eigenvalue weighted by Gasteiger charge is 2.38. The maximum atomic E-state index is 12.9. The van der Waals surface area contributed by atoms with Gasteiger partial charge in [0.1, 0.15) is 11.9 Å². The number of carbonyl (C=O) groups excluding carboxylic acids is 2. The predicted octanol–water partition coefficient (Wildman–Crippen LogP) is 2.40. The molecule has 34 heavy (non-hydrogen) atoms. The van der Waals surface area contributed by atoms with Gasteiger partial charge in [-0.25, -0.2) is 22.9 Å². The van der Waals surface area contributed by atoms with Crippen molar-refractivity contribution in [3.8, 4) is 6.07 Å². The molecule has 9 nitrogen and oxygen atoms in total. The quantitative estimate of drug-likeness (QED) is 0.604. The van der Waals surface area contributed by atoms with E-state index in [0.717, 1.165) is 18.2 Å². The Morgan fingerprint density at radius 3 is 2.56 bits per heavy atom. The Morgan fingerprint density at radius 2 is 1.97 bits per heavy atom. The van der Waals surface area contributed by atoms with Gasteiger partial charge in [-0.1, -0.05) is 6.07 Å². The number of pyridine rings is 1. The number of hydrogen-bond acceptors (Lipinski definition) is 8. The zero-order valence-electron chi connectivity index (χ0n) is 18.0. The van der Waals surface area contributed by atoms with Gasteiger partial charge in [-0.15, -0.1) is 0 Å². The summed E-state index contributed by atoms with van der Waals surface area (Å²) in [6, 6.07) is 6.32. The van der Waals surface area contributed by atoms with E-state index in [1.165, 1.54) is 6.07 Å². The van der Waals surface area contributed by atoms with Crippen LogP contribution in [0.1, 0.15) is 34.1 Å². The number of ether oxygens (including phenoxy) is 1. The van der Waals surface area contributed by atoms with Gasteiger partial charge in [0.15, 0.2) is 0 Å². The number of aromatic nitrogens is 1. The summed E-state index contributed by atoms with van der Waals surface area (Å²) in [7, 11) is -4.52. The fourth-order valence-corrected chi connectivity index (χ4v) is 4.35. The summed E-state index contributed by atoms with van der Waals surface area (Å²) in [4.78, 5) is 29.6. The molecule has 1 aliphatic rings. The molecule has 0 saturated carbocycles. The molecule has 2 aromatic rings. The molecule has 1 fully saturated rings. The number of rotatable bonds is 6. The van der Waals surface area contributed by atoms with Crippen molar-refractivity contribution in [2.24, 2.45) is 5.92 Å². The highest BCUT2D eigenvalue weighted by atomic mass is 32.2. The highest BCUT2D eigenvalue weighted by molar-refractivity contribution is 7.90. The second-order valence-electron chi connectivity index (χ2n) is 7.42. The third-order valence-electron chi connectivity index (χ3n) is 5.07. The molecule has 3 rings (SSSR count). The first kappa shape index (κ1) is 25.0. The SMILES string of the molecule is CCOC(=O)c1cc(C#N)c(N2CC(C(=O)NS(=O)(=O)c3cccc(C(F)(F)F)c3)C2)nc1C. The van der Waals surface area contributed by atoms with Gasteiger partial charge >= 0.3 is 12.1 Å². The number of hydrogen-bond donors (Lipinski definition) is 1. The van der Waals surface area contributed by atoms with E-state index in [-0.39, 0.29) is 36.6 Å². The number of aryl methyl sites for hydroxylation is 1. The number of esters is 1. The topological polar surface area (TPSA) is 129 Å². The van der Waals surface area contributed by atoms with Gasteiger partial charge in [0.2, 0.25) is 5.91 Å². The molecule has 0 radical (unpaired) electrons. The molecule has 0 bridgehead atoms. The van der Waals surface area contributed by atoms with Crippen molar-refractivity contribution in [2.75, 3.05) is 24.6 Å². The van der Waals surface area contributed by atoms with E-state index in [9.17, 15) is 36.4 Å². The molecule has 1 aliphatic heterocycles. The molecule has 2 heterocycles. The fourth-order valence-electron chi connectivity index (χ4n) is 3.26. The first-order valence-corrected chi connectivity index (χ1v) is 11.4. The lowest BCUT2D eigenvalue weighted by Gasteiger charge is -2.39. The Kier molecular flexibility index (Phi) is 6.83. The first-order chi connectivity index (χ1) is 15.9. The average molecular weight is 496 g/mol. The third-order valence-corrected chi connectivity index (χ3v) is 6.41. The molecular weight excluding hydrogens is 477 g/mol. The molecule has 13 heteroatoms. The molecule has 1 aromatic heterocycles. The van der Waals surface area contributed by atoms with Crippen molar-refractivity contribution in [2.45, 2.75) is 24.9 Å². The Labute approximate surface area is 193 Å². The highest BCUT2D eigenvalue weighted by Crippen LogP contribution is 2.31. The van der Waals surface area contributed by atoms with Crippen LogP contribution in [0.2, 0.25) is 0 Å². The monoisotopic (exact) mass is 496 g/mol. The molecule has 1 N–H and O–H groups in total. The fraction of sp³-hybridized carbons (Fsp3) is 0.333. The Bertz CT molecular complexity index is 1280. The van der Waals surface area contributed by atoms with Crippen LogP contribution in [0.15, 0.2) is 35.2 Å². The number of halogens is 3. The maximum absolute atomic E-state index is 12.9. The summed E-state index contributed by atoms with van der Waals surface area (Å²) < 4.78 is 70.1. The van der Waals surface area contributed by atoms with Crippen LogP contribution in [0.5, 0.6) is 0 Å². The Balaban J connectivity index is 1.71. The number of amides is 1. The van der Waals surface area contributed by atoms with Crippen molar-refractivity contribution in [1.82, 2.24) is 9.71 Å². The van der Waals surface area contributed by atoms with Crippen LogP contribution in [0.3, 0.4) is 0 Å². The van der Waals surface area contributed by atoms with Crippen LogP contribution >= 0.6 is 0 Å². The lowest BCUT2D eigenvalue weighted by Crippen LogP contribution is -2.55. The van der Waals surface area contributed by atoms with Gasteiger partial charge in [0.25, 0.3) is 10.0 Å². The van der Waals surface area contributed by atoms with Crippen molar-refractivity contribution in [3.05, 3.63) is 52.7 Å². The summed E-state index contributed by atoms with van der Waals surface area (Å²) in [5, 5.41) is 9.44. The van der Waals surface area contributed by atoms with E-state index >= 15 is 0 Å². The number of benzene rings is 1. The van der Waals surface area contributed by atoms with Gasteiger partial charge in [-0.05, 0) is 38.1 Å². The Hall–Kier alpha value is -3.66. The zero-order valence-corrected chi connectivity index (χ0v) is 18.8. The van der Waals surface area contributed by atoms with Gasteiger partial charge in [-0.3, -0.25) is 4.79 Å². The van der Waals surface area contributed by atoms with E-state index in [2.05, 4.69) is 4.98 Å². The van der Waals surface area contributed by atoms with Crippen LogP contribution in [0, 0.1) is 24.2 Å². The van der Waals surface area contributed by atoms with E-state index in [1.807, 2.05) is 6.07 Å². The van der Waals surface area contributed by atoms with E-state index in [0.29, 0.717) is 11.8 Å². The number of nitriles is 1. The van der Waals surface area contributed by atoms with Crippen LogP contribution in [0.25, 0.3) is 0 Å². The Morgan fingerprint density at radius 1 is 1.29 bits per heavy atom. The van der Waals surface area contributed by atoms with Gasteiger partial charge in [0, 0.05) is 13.1 Å². The lowest BCUT2D eigenvalue weighted by atomic mass is 9.98. The molecule has 1 aromatic carbocycles. The molecule has 0 aliphatic carbocycles. The average Bonchev–Trinajstić information content (AvgIpc) is 2.72. The molecule has 0 unspecified atom stereocenters. The summed E-state index contributed by atoms with van der Waals surface area (Å²) >= 11 is 0. The maximum Gasteiger partial charge on any atom is 0.416 e. The van der Waals surface area contributed by atoms with Crippen molar-refractivity contribution in [3.63, 3.8) is 0 Å². The number of anilines is 1. The minimum absolute atomic E-state index is 0.0177. The number of carbonyl (C=O) groups is 2. The second-order valence-corrected chi connectivity index (χ2v) is 9.10. The van der Waals surface area contributed by atoms with Crippen LogP contribution < -0.4 is 9.62 Å². The summed E-state index contributed by atoms with van der Waals surface area (Å²) in [6.45, 7) is 3.38. The summed E-state index contributed by atoms with van der Waals surface area (Å²) in [6.07, 6.45) is -4.74. The zero-order chi connectivity index (χ0) is 25.3. The number of nitrogens with zero attached hydrogens (tertiary/aromatic N) is 3. The number of sulfonamides is 1. The second kappa shape index (κ2) is 9.30. The summed E-state index contributed by atoms with van der Waals surface area (Å²) in [5.74, 6) is -2.11. The molecule has 0 spiro atoms. The van der Waals surface area contributed by atoms with Crippen molar-refractivity contribution >= 4 is 27.7 Å². The van der Waals surface area contributed by atoms with Gasteiger partial charge in [0.05, 0.1) is 39.8 Å². The van der Waals surface area contributed by atoms with Gasteiger partial charge < -0.3 is 9.64 Å². The standard InChI is InChI=1S/C21H19F3N4O5S/c1-3-33-20(30)17-7-13(9-25)18(26-12(17)2)28-10-14(11-28)19(29)27-34(31,32)16-6-4-5-15(8-16)21(22,23)24/h4-8,14H,3,10-11H2,1-2H3,(H,27,29). The first-order valence-electron chi connectivity index (χ1n) is 9.95. The summed E-state index contributed by atoms with van der Waals surface area (Å²) in [5.41, 5.74) is -0.643. The minimum atomic E-state index is -4.74.